The first kappa shape index (κ1) is 48.3. The molecule has 6 atom stereocenters. The van der Waals surface area contributed by atoms with Gasteiger partial charge in [0.05, 0.1) is 13.2 Å². The molecule has 6 unspecified atom stereocenters. The van der Waals surface area contributed by atoms with Crippen LogP contribution in [0, 0.1) is 23.7 Å². The molecule has 1 aromatic heterocycles. The first-order valence-electron chi connectivity index (χ1n) is 21.0. The topological polar surface area (TPSA) is 156 Å². The molecule has 3 rings (SSSR count). The van der Waals surface area contributed by atoms with Crippen molar-refractivity contribution < 1.29 is 38.2 Å². The predicted octanol–water partition coefficient (Wildman–Crippen LogP) is 6.95. The molecule has 0 spiro atoms. The van der Waals surface area contributed by atoms with Gasteiger partial charge in [-0.3, -0.25) is 28.9 Å². The van der Waals surface area contributed by atoms with E-state index in [1.54, 1.807) is 12.5 Å². The van der Waals surface area contributed by atoms with E-state index >= 15 is 0 Å². The van der Waals surface area contributed by atoms with Crippen LogP contribution in [0.15, 0.2) is 29.6 Å². The SMILES string of the molecule is CCC(C)C(NC(=O)C1CCCCN1C)C(=O)N(COC(=O)CC(C)C)C(CC(OC(C)=O)c1nc(C(=O)NC(Cc2ccc(OC)cc2)CC(C)C)cs1)C(C)C. The quantitative estimate of drug-likeness (QED) is 0.0941. The Morgan fingerprint density at radius 2 is 1.66 bits per heavy atom. The molecular weight excluding hydrogens is 759 g/mol. The van der Waals surface area contributed by atoms with Crippen LogP contribution in [0.3, 0.4) is 0 Å². The van der Waals surface area contributed by atoms with Gasteiger partial charge in [0.25, 0.3) is 5.91 Å². The molecule has 0 saturated carbocycles. The van der Waals surface area contributed by atoms with Gasteiger partial charge >= 0.3 is 11.9 Å². The fourth-order valence-corrected chi connectivity index (χ4v) is 8.20. The number of carbonyl (C=O) groups is 5. The highest BCUT2D eigenvalue weighted by molar-refractivity contribution is 7.09. The van der Waals surface area contributed by atoms with Gasteiger partial charge in [-0.15, -0.1) is 11.3 Å². The molecule has 2 N–H and O–H groups in total. The van der Waals surface area contributed by atoms with Gasteiger partial charge in [0, 0.05) is 37.2 Å². The van der Waals surface area contributed by atoms with Crippen LogP contribution in [0.5, 0.6) is 5.75 Å². The lowest BCUT2D eigenvalue weighted by Gasteiger charge is -2.39. The zero-order chi connectivity index (χ0) is 43.1. The lowest BCUT2D eigenvalue weighted by atomic mass is 9.92. The van der Waals surface area contributed by atoms with Crippen LogP contribution < -0.4 is 15.4 Å². The number of likely N-dealkylation sites (N-methyl/N-ethyl adjacent to an activating group) is 1. The van der Waals surface area contributed by atoms with E-state index in [4.69, 9.17) is 14.2 Å². The lowest BCUT2D eigenvalue weighted by molar-refractivity contribution is -0.160. The second kappa shape index (κ2) is 23.5. The Morgan fingerprint density at radius 1 is 0.966 bits per heavy atom. The number of nitrogens with one attached hydrogen (secondary N) is 2. The van der Waals surface area contributed by atoms with Gasteiger partial charge in [0.2, 0.25) is 11.8 Å². The minimum atomic E-state index is -0.920. The smallest absolute Gasteiger partial charge is 0.307 e. The molecule has 1 aliphatic rings. The Labute approximate surface area is 350 Å². The third-order valence-electron chi connectivity index (χ3n) is 10.8. The Bertz CT molecular complexity index is 1630. The first-order chi connectivity index (χ1) is 27.4. The molecule has 2 aromatic rings. The third-order valence-corrected chi connectivity index (χ3v) is 11.7. The van der Waals surface area contributed by atoms with Crippen LogP contribution in [0.2, 0.25) is 0 Å². The largest absolute Gasteiger partial charge is 0.497 e. The van der Waals surface area contributed by atoms with Crippen LogP contribution in [-0.2, 0) is 35.1 Å². The van der Waals surface area contributed by atoms with Crippen molar-refractivity contribution in [1.29, 1.82) is 0 Å². The number of benzene rings is 1. The average molecular weight is 828 g/mol. The van der Waals surface area contributed by atoms with E-state index in [1.165, 1.54) is 23.2 Å². The van der Waals surface area contributed by atoms with Crippen molar-refractivity contribution in [2.75, 3.05) is 27.4 Å². The van der Waals surface area contributed by atoms with Crippen molar-refractivity contribution in [1.82, 2.24) is 25.4 Å². The molecule has 1 saturated heterocycles. The molecule has 3 amide bonds. The summed E-state index contributed by atoms with van der Waals surface area (Å²) in [6.07, 6.45) is 3.99. The molecule has 14 heteroatoms. The Morgan fingerprint density at radius 3 is 2.22 bits per heavy atom. The second-order valence-electron chi connectivity index (χ2n) is 17.0. The lowest BCUT2D eigenvalue weighted by Crippen LogP contribution is -2.59. The molecule has 58 heavy (non-hydrogen) atoms. The Kier molecular flexibility index (Phi) is 19.6. The minimum Gasteiger partial charge on any atom is -0.497 e. The van der Waals surface area contributed by atoms with E-state index in [0.29, 0.717) is 30.2 Å². The number of thiazole rings is 1. The highest BCUT2D eigenvalue weighted by Gasteiger charge is 2.39. The van der Waals surface area contributed by atoms with Crippen LogP contribution in [-0.4, -0.2) is 96.0 Å². The monoisotopic (exact) mass is 827 g/mol. The minimum absolute atomic E-state index is 0.0462. The molecule has 2 heterocycles. The highest BCUT2D eigenvalue weighted by Crippen LogP contribution is 2.32. The standard InChI is InChI=1S/C44H69N5O8S/c1-12-30(8)40(47-42(53)36-15-13-14-20-48(36)10)44(54)49(26-56-39(51)22-28(4)5)37(29(6)7)24-38(57-31(9)50)43-46-35(25-58-43)41(52)45-33(21-27(2)3)23-32-16-18-34(55-11)19-17-32/h16-19,25,27-30,33,36-38,40H,12-15,20-24,26H2,1-11H3,(H,45,52)(H,47,53). The summed E-state index contributed by atoms with van der Waals surface area (Å²) >= 11 is 1.20. The number of esters is 2. The molecule has 1 aliphatic heterocycles. The highest BCUT2D eigenvalue weighted by atomic mass is 32.1. The van der Waals surface area contributed by atoms with E-state index < -0.39 is 30.1 Å². The van der Waals surface area contributed by atoms with Crippen LogP contribution >= 0.6 is 11.3 Å². The van der Waals surface area contributed by atoms with Crippen molar-refractivity contribution in [2.45, 2.75) is 144 Å². The molecule has 0 radical (unpaired) electrons. The van der Waals surface area contributed by atoms with E-state index in [2.05, 4.69) is 29.5 Å². The zero-order valence-electron chi connectivity index (χ0n) is 36.7. The number of piperidine rings is 1. The fourth-order valence-electron chi connectivity index (χ4n) is 7.36. The first-order valence-corrected chi connectivity index (χ1v) is 21.8. The number of nitrogens with zero attached hydrogens (tertiary/aromatic N) is 3. The van der Waals surface area contributed by atoms with Crippen molar-refractivity contribution in [2.24, 2.45) is 23.7 Å². The molecule has 1 aromatic carbocycles. The Hall–Kier alpha value is -4.04. The number of rotatable bonds is 22. The number of likely N-dealkylation sites (tertiary alicyclic amines) is 1. The maximum absolute atomic E-state index is 14.8. The third kappa shape index (κ3) is 15.0. The molecule has 1 fully saturated rings. The molecule has 13 nitrogen and oxygen atoms in total. The van der Waals surface area contributed by atoms with Crippen molar-refractivity contribution >= 4 is 41.0 Å². The number of carbonyl (C=O) groups excluding carboxylic acids is 5. The van der Waals surface area contributed by atoms with Gasteiger partial charge in [-0.2, -0.15) is 0 Å². The maximum atomic E-state index is 14.8. The summed E-state index contributed by atoms with van der Waals surface area (Å²) in [7, 11) is 3.55. The van der Waals surface area contributed by atoms with E-state index in [1.807, 2.05) is 77.8 Å². The van der Waals surface area contributed by atoms with Gasteiger partial charge in [-0.1, -0.05) is 80.4 Å². The van der Waals surface area contributed by atoms with Gasteiger partial charge in [0.1, 0.15) is 22.5 Å². The fraction of sp³-hybridized carbons (Fsp3) is 0.682. The summed E-state index contributed by atoms with van der Waals surface area (Å²) in [5.41, 5.74) is 1.26. The summed E-state index contributed by atoms with van der Waals surface area (Å²) in [6.45, 7) is 17.6. The van der Waals surface area contributed by atoms with Crippen LogP contribution in [0.4, 0.5) is 0 Å². The number of methoxy groups -OCH3 is 1. The normalized spacial score (nSPS) is 17.2. The van der Waals surface area contributed by atoms with Crippen LogP contribution in [0.25, 0.3) is 0 Å². The van der Waals surface area contributed by atoms with E-state index in [9.17, 15) is 24.0 Å². The number of ether oxygens (including phenoxy) is 3. The number of hydrogen-bond donors (Lipinski definition) is 2. The molecule has 324 valence electrons. The number of aromatic nitrogens is 1. The number of hydrogen-bond acceptors (Lipinski definition) is 11. The van der Waals surface area contributed by atoms with E-state index in [0.717, 1.165) is 37.1 Å². The Balaban J connectivity index is 1.94. The summed E-state index contributed by atoms with van der Waals surface area (Å²) in [6, 6.07) is 5.76. The second-order valence-corrected chi connectivity index (χ2v) is 17.9. The molecule has 0 bridgehead atoms. The molecule has 0 aliphatic carbocycles. The summed E-state index contributed by atoms with van der Waals surface area (Å²) < 4.78 is 16.9. The maximum Gasteiger partial charge on any atom is 0.307 e. The number of amides is 3. The van der Waals surface area contributed by atoms with E-state index in [-0.39, 0.29) is 72.8 Å². The van der Waals surface area contributed by atoms with Crippen molar-refractivity contribution in [3.63, 3.8) is 0 Å². The molecular formula is C44H69N5O8S. The van der Waals surface area contributed by atoms with Gasteiger partial charge < -0.3 is 29.7 Å². The van der Waals surface area contributed by atoms with Gasteiger partial charge in [0.15, 0.2) is 12.8 Å². The predicted molar refractivity (Wildman–Crippen MR) is 226 cm³/mol. The summed E-state index contributed by atoms with van der Waals surface area (Å²) in [4.78, 5) is 76.0. The summed E-state index contributed by atoms with van der Waals surface area (Å²) in [5, 5.41) is 8.30. The van der Waals surface area contributed by atoms with Crippen LogP contribution in [0.1, 0.15) is 134 Å². The average Bonchev–Trinajstić information content (AvgIpc) is 3.66. The zero-order valence-corrected chi connectivity index (χ0v) is 37.5. The van der Waals surface area contributed by atoms with Gasteiger partial charge in [-0.05, 0) is 80.6 Å². The summed E-state index contributed by atoms with van der Waals surface area (Å²) in [5.74, 6) is -1.23. The van der Waals surface area contributed by atoms with Crippen molar-refractivity contribution in [3.05, 3.63) is 45.9 Å². The van der Waals surface area contributed by atoms with Gasteiger partial charge in [-0.25, -0.2) is 4.98 Å². The van der Waals surface area contributed by atoms with Crippen molar-refractivity contribution in [3.8, 4) is 5.75 Å².